The van der Waals surface area contributed by atoms with Crippen LogP contribution in [0.4, 0.5) is 5.69 Å². The van der Waals surface area contributed by atoms with Crippen LogP contribution in [0.2, 0.25) is 0 Å². The second kappa shape index (κ2) is 5.66. The molecule has 0 aliphatic carbocycles. The van der Waals surface area contributed by atoms with Crippen molar-refractivity contribution >= 4 is 15.7 Å². The van der Waals surface area contributed by atoms with Crippen LogP contribution < -0.4 is 4.31 Å². The maximum Gasteiger partial charge on any atom is 0.237 e. The first-order valence-corrected chi connectivity index (χ1v) is 6.58. The summed E-state index contributed by atoms with van der Waals surface area (Å²) in [4.78, 5) is 0. The molecule has 0 spiro atoms. The highest BCUT2D eigenvalue weighted by Gasteiger charge is 2.18. The molecule has 0 aliphatic heterocycles. The van der Waals surface area contributed by atoms with E-state index >= 15 is 0 Å². The minimum Gasteiger partial charge on any atom is -0.384 e. The predicted octanol–water partition coefficient (Wildman–Crippen LogP) is 0.971. The Balaban J connectivity index is 2.96. The quantitative estimate of drug-likeness (QED) is 0.785. The van der Waals surface area contributed by atoms with Crippen LogP contribution in [-0.4, -0.2) is 34.9 Å². The zero-order chi connectivity index (χ0) is 12.9. The molecule has 0 atom stereocenters. The van der Waals surface area contributed by atoms with Gasteiger partial charge in [-0.15, -0.1) is 0 Å². The van der Waals surface area contributed by atoms with Gasteiger partial charge in [0.15, 0.2) is 0 Å². The fourth-order valence-electron chi connectivity index (χ4n) is 1.26. The van der Waals surface area contributed by atoms with E-state index < -0.39 is 10.0 Å². The van der Waals surface area contributed by atoms with Gasteiger partial charge >= 0.3 is 0 Å². The van der Waals surface area contributed by atoms with Gasteiger partial charge in [0.25, 0.3) is 0 Å². The van der Waals surface area contributed by atoms with Crippen LogP contribution >= 0.6 is 0 Å². The summed E-state index contributed by atoms with van der Waals surface area (Å²) in [5.41, 5.74) is 0.899. The van der Waals surface area contributed by atoms with Crippen molar-refractivity contribution in [3.63, 3.8) is 0 Å². The maximum atomic E-state index is 11.9. The van der Waals surface area contributed by atoms with Gasteiger partial charge in [0, 0.05) is 14.2 Å². The number of nitrogens with zero attached hydrogens (tertiary/aromatic N) is 2. The molecule has 0 heterocycles. The van der Waals surface area contributed by atoms with E-state index in [0.717, 1.165) is 4.31 Å². The molecule has 92 valence electrons. The molecule has 1 aromatic rings. The van der Waals surface area contributed by atoms with Gasteiger partial charge in [-0.3, -0.25) is 4.31 Å². The highest BCUT2D eigenvalue weighted by Crippen LogP contribution is 2.17. The predicted molar refractivity (Wildman–Crippen MR) is 65.2 cm³/mol. The SMILES string of the molecule is COCCS(=O)(=O)N(C)c1cccc(C#N)c1. The first-order valence-electron chi connectivity index (χ1n) is 4.97. The Labute approximate surface area is 101 Å². The summed E-state index contributed by atoms with van der Waals surface area (Å²) in [6.45, 7) is 0.143. The van der Waals surface area contributed by atoms with Gasteiger partial charge in [-0.1, -0.05) is 6.07 Å². The number of methoxy groups -OCH3 is 1. The third kappa shape index (κ3) is 3.44. The highest BCUT2D eigenvalue weighted by molar-refractivity contribution is 7.92. The van der Waals surface area contributed by atoms with Crippen LogP contribution in [0.5, 0.6) is 0 Å². The number of nitriles is 1. The minimum absolute atomic E-state index is 0.0865. The molecular formula is C11H14N2O3S. The molecule has 0 N–H and O–H groups in total. The third-order valence-electron chi connectivity index (χ3n) is 2.30. The molecule has 0 saturated heterocycles. The van der Waals surface area contributed by atoms with Gasteiger partial charge in [-0.05, 0) is 18.2 Å². The number of anilines is 1. The Hall–Kier alpha value is -1.58. The Morgan fingerprint density at radius 3 is 2.76 bits per heavy atom. The van der Waals surface area contributed by atoms with Gasteiger partial charge in [0.05, 0.1) is 29.7 Å². The van der Waals surface area contributed by atoms with Crippen molar-refractivity contribution in [3.05, 3.63) is 29.8 Å². The van der Waals surface area contributed by atoms with E-state index in [-0.39, 0.29) is 12.4 Å². The van der Waals surface area contributed by atoms with E-state index in [9.17, 15) is 8.42 Å². The molecule has 5 nitrogen and oxygen atoms in total. The van der Waals surface area contributed by atoms with Crippen molar-refractivity contribution in [2.24, 2.45) is 0 Å². The van der Waals surface area contributed by atoms with Crippen molar-refractivity contribution in [1.29, 1.82) is 5.26 Å². The summed E-state index contributed by atoms with van der Waals surface area (Å²) in [5.74, 6) is -0.0865. The molecule has 6 heteroatoms. The van der Waals surface area contributed by atoms with Crippen LogP contribution in [0, 0.1) is 11.3 Å². The van der Waals surface area contributed by atoms with E-state index in [1.165, 1.54) is 20.2 Å². The summed E-state index contributed by atoms with van der Waals surface area (Å²) >= 11 is 0. The van der Waals surface area contributed by atoms with Crippen molar-refractivity contribution in [2.75, 3.05) is 30.8 Å². The summed E-state index contributed by atoms with van der Waals surface area (Å²) in [5, 5.41) is 8.75. The molecule has 0 saturated carbocycles. The van der Waals surface area contributed by atoms with E-state index in [1.54, 1.807) is 18.2 Å². The van der Waals surface area contributed by atoms with Gasteiger partial charge in [-0.25, -0.2) is 8.42 Å². The van der Waals surface area contributed by atoms with Crippen molar-refractivity contribution in [3.8, 4) is 6.07 Å². The smallest absolute Gasteiger partial charge is 0.237 e. The zero-order valence-electron chi connectivity index (χ0n) is 9.75. The third-order valence-corrected chi connectivity index (χ3v) is 4.03. The maximum absolute atomic E-state index is 11.9. The minimum atomic E-state index is -3.40. The molecule has 0 aliphatic rings. The Kier molecular flexibility index (Phi) is 4.49. The average molecular weight is 254 g/mol. The summed E-state index contributed by atoms with van der Waals surface area (Å²) < 4.78 is 29.6. The normalized spacial score (nSPS) is 10.9. The van der Waals surface area contributed by atoms with Gasteiger partial charge in [0.1, 0.15) is 0 Å². The van der Waals surface area contributed by atoms with Crippen molar-refractivity contribution in [2.45, 2.75) is 0 Å². The van der Waals surface area contributed by atoms with Crippen molar-refractivity contribution < 1.29 is 13.2 Å². The number of benzene rings is 1. The van der Waals surface area contributed by atoms with Crippen LogP contribution in [0.1, 0.15) is 5.56 Å². The monoisotopic (exact) mass is 254 g/mol. The number of ether oxygens (including phenoxy) is 1. The van der Waals surface area contributed by atoms with E-state index in [4.69, 9.17) is 10.00 Å². The fraction of sp³-hybridized carbons (Fsp3) is 0.364. The number of hydrogen-bond donors (Lipinski definition) is 0. The molecule has 0 unspecified atom stereocenters. The molecule has 0 fully saturated rings. The van der Waals surface area contributed by atoms with Gasteiger partial charge in [-0.2, -0.15) is 5.26 Å². The largest absolute Gasteiger partial charge is 0.384 e. The Bertz CT molecular complexity index is 520. The zero-order valence-corrected chi connectivity index (χ0v) is 10.6. The topological polar surface area (TPSA) is 70.4 Å². The Morgan fingerprint density at radius 2 is 2.18 bits per heavy atom. The van der Waals surface area contributed by atoms with Gasteiger partial charge in [0.2, 0.25) is 10.0 Å². The summed E-state index contributed by atoms with van der Waals surface area (Å²) in [7, 11) is -0.492. The van der Waals surface area contributed by atoms with E-state index in [1.807, 2.05) is 6.07 Å². The first kappa shape index (κ1) is 13.5. The first-order chi connectivity index (χ1) is 8.01. The summed E-state index contributed by atoms with van der Waals surface area (Å²) in [6.07, 6.45) is 0. The standard InChI is InChI=1S/C11H14N2O3S/c1-13(17(14,15)7-6-16-2)11-5-3-4-10(8-11)9-12/h3-5,8H,6-7H2,1-2H3. The Morgan fingerprint density at radius 1 is 1.47 bits per heavy atom. The molecule has 0 bridgehead atoms. The molecule has 0 radical (unpaired) electrons. The molecule has 1 rings (SSSR count). The molecule has 0 aromatic heterocycles. The van der Waals surface area contributed by atoms with Crippen LogP contribution in [-0.2, 0) is 14.8 Å². The molecule has 0 amide bonds. The lowest BCUT2D eigenvalue weighted by atomic mass is 10.2. The number of sulfonamides is 1. The lowest BCUT2D eigenvalue weighted by Crippen LogP contribution is -2.30. The van der Waals surface area contributed by atoms with E-state index in [0.29, 0.717) is 11.3 Å². The lowest BCUT2D eigenvalue weighted by Gasteiger charge is -2.19. The number of hydrogen-bond acceptors (Lipinski definition) is 4. The highest BCUT2D eigenvalue weighted by atomic mass is 32.2. The van der Waals surface area contributed by atoms with Crippen molar-refractivity contribution in [1.82, 2.24) is 0 Å². The fourth-order valence-corrected chi connectivity index (χ4v) is 2.34. The molecule has 17 heavy (non-hydrogen) atoms. The molecule has 1 aromatic carbocycles. The van der Waals surface area contributed by atoms with Crippen LogP contribution in [0.3, 0.4) is 0 Å². The van der Waals surface area contributed by atoms with Crippen LogP contribution in [0.15, 0.2) is 24.3 Å². The van der Waals surface area contributed by atoms with Crippen LogP contribution in [0.25, 0.3) is 0 Å². The molecular weight excluding hydrogens is 240 g/mol. The summed E-state index contributed by atoms with van der Waals surface area (Å²) in [6, 6.07) is 8.42. The van der Waals surface area contributed by atoms with Gasteiger partial charge < -0.3 is 4.74 Å². The average Bonchev–Trinajstić information content (AvgIpc) is 2.35. The lowest BCUT2D eigenvalue weighted by molar-refractivity contribution is 0.217. The number of rotatable bonds is 5. The van der Waals surface area contributed by atoms with E-state index in [2.05, 4.69) is 0 Å². The second-order valence-corrected chi connectivity index (χ2v) is 5.56. The second-order valence-electron chi connectivity index (χ2n) is 3.44.